The van der Waals surface area contributed by atoms with E-state index in [1.165, 1.54) is 0 Å². The number of rotatable bonds is 5. The predicted molar refractivity (Wildman–Crippen MR) is 77.2 cm³/mol. The molecule has 0 radical (unpaired) electrons. The Morgan fingerprint density at radius 1 is 1.30 bits per heavy atom. The van der Waals surface area contributed by atoms with E-state index < -0.39 is 5.54 Å². The second-order valence-corrected chi connectivity index (χ2v) is 5.19. The Morgan fingerprint density at radius 2 is 2.00 bits per heavy atom. The standard InChI is InChI=1S/C16H21NO3/c1-4-20-14-10-13(15(19-3)9-12(14)2)16(17-11-18)7-5-6-8-16/h9-10H,4-8H2,1-3H3. The molecule has 1 aromatic rings. The van der Waals surface area contributed by atoms with Crippen LogP contribution in [0.3, 0.4) is 0 Å². The van der Waals surface area contributed by atoms with Gasteiger partial charge in [-0.05, 0) is 44.4 Å². The van der Waals surface area contributed by atoms with Crippen LogP contribution in [0.1, 0.15) is 43.7 Å². The number of hydrogen-bond donors (Lipinski definition) is 0. The van der Waals surface area contributed by atoms with Gasteiger partial charge in [0.25, 0.3) is 0 Å². The Balaban J connectivity index is 2.57. The molecule has 0 unspecified atom stereocenters. The first-order valence-corrected chi connectivity index (χ1v) is 7.08. The van der Waals surface area contributed by atoms with Gasteiger partial charge >= 0.3 is 0 Å². The van der Waals surface area contributed by atoms with E-state index in [0.29, 0.717) is 6.61 Å². The summed E-state index contributed by atoms with van der Waals surface area (Å²) in [7, 11) is 1.64. The van der Waals surface area contributed by atoms with E-state index in [2.05, 4.69) is 4.99 Å². The van der Waals surface area contributed by atoms with E-state index in [9.17, 15) is 4.79 Å². The van der Waals surface area contributed by atoms with Crippen LogP contribution >= 0.6 is 0 Å². The summed E-state index contributed by atoms with van der Waals surface area (Å²) in [5.74, 6) is 1.60. The second-order valence-electron chi connectivity index (χ2n) is 5.19. The summed E-state index contributed by atoms with van der Waals surface area (Å²) in [6.07, 6.45) is 5.58. The van der Waals surface area contributed by atoms with Crippen LogP contribution in [0.4, 0.5) is 0 Å². The van der Waals surface area contributed by atoms with Gasteiger partial charge in [-0.25, -0.2) is 4.79 Å². The van der Waals surface area contributed by atoms with Crippen molar-refractivity contribution < 1.29 is 14.3 Å². The molecular weight excluding hydrogens is 254 g/mol. The fourth-order valence-electron chi connectivity index (χ4n) is 2.99. The maximum atomic E-state index is 10.9. The number of hydrogen-bond acceptors (Lipinski definition) is 4. The monoisotopic (exact) mass is 275 g/mol. The molecule has 0 aliphatic heterocycles. The zero-order valence-electron chi connectivity index (χ0n) is 12.4. The maximum absolute atomic E-state index is 10.9. The first kappa shape index (κ1) is 14.6. The first-order chi connectivity index (χ1) is 9.66. The normalized spacial score (nSPS) is 16.6. The molecule has 4 nitrogen and oxygen atoms in total. The molecule has 1 aliphatic rings. The average Bonchev–Trinajstić information content (AvgIpc) is 2.91. The summed E-state index contributed by atoms with van der Waals surface area (Å²) in [5, 5.41) is 0. The number of isocyanates is 1. The van der Waals surface area contributed by atoms with Gasteiger partial charge in [-0.1, -0.05) is 12.8 Å². The third-order valence-electron chi connectivity index (χ3n) is 3.99. The average molecular weight is 275 g/mol. The minimum absolute atomic E-state index is 0.493. The second kappa shape index (κ2) is 6.10. The van der Waals surface area contributed by atoms with E-state index in [1.807, 2.05) is 26.0 Å². The highest BCUT2D eigenvalue weighted by molar-refractivity contribution is 5.51. The van der Waals surface area contributed by atoms with Gasteiger partial charge in [-0.3, -0.25) is 0 Å². The number of aryl methyl sites for hydroxylation is 1. The lowest BCUT2D eigenvalue weighted by Crippen LogP contribution is -2.20. The van der Waals surface area contributed by atoms with Crippen molar-refractivity contribution in [2.45, 2.75) is 45.1 Å². The lowest BCUT2D eigenvalue weighted by Gasteiger charge is -2.26. The summed E-state index contributed by atoms with van der Waals surface area (Å²) in [6.45, 7) is 4.55. The lowest BCUT2D eigenvalue weighted by atomic mass is 9.87. The van der Waals surface area contributed by atoms with Gasteiger partial charge in [-0.2, -0.15) is 4.99 Å². The van der Waals surface area contributed by atoms with Crippen LogP contribution < -0.4 is 9.47 Å². The molecule has 0 atom stereocenters. The molecule has 0 aromatic heterocycles. The van der Waals surface area contributed by atoms with Crippen LogP contribution in [-0.4, -0.2) is 19.8 Å². The quantitative estimate of drug-likeness (QED) is 0.610. The third-order valence-corrected chi connectivity index (χ3v) is 3.99. The van der Waals surface area contributed by atoms with Crippen molar-refractivity contribution in [2.24, 2.45) is 4.99 Å². The summed E-state index contributed by atoms with van der Waals surface area (Å²) >= 11 is 0. The van der Waals surface area contributed by atoms with Crippen molar-refractivity contribution >= 4 is 6.08 Å². The Hall–Kier alpha value is -1.80. The highest BCUT2D eigenvalue weighted by atomic mass is 16.5. The van der Waals surface area contributed by atoms with E-state index in [4.69, 9.17) is 9.47 Å². The minimum Gasteiger partial charge on any atom is -0.496 e. The van der Waals surface area contributed by atoms with E-state index in [-0.39, 0.29) is 0 Å². The molecule has 0 bridgehead atoms. The Bertz CT molecular complexity index is 527. The van der Waals surface area contributed by atoms with Crippen molar-refractivity contribution in [3.63, 3.8) is 0 Å². The molecule has 0 saturated heterocycles. The fraction of sp³-hybridized carbons (Fsp3) is 0.562. The van der Waals surface area contributed by atoms with Crippen LogP contribution in [0.25, 0.3) is 0 Å². The fourth-order valence-corrected chi connectivity index (χ4v) is 2.99. The molecule has 1 fully saturated rings. The molecule has 0 amide bonds. The number of carbonyl (C=O) groups excluding carboxylic acids is 1. The van der Waals surface area contributed by atoms with Crippen molar-refractivity contribution in [2.75, 3.05) is 13.7 Å². The molecular formula is C16H21NO3. The van der Waals surface area contributed by atoms with Crippen molar-refractivity contribution in [1.29, 1.82) is 0 Å². The molecule has 2 rings (SSSR count). The van der Waals surface area contributed by atoms with Gasteiger partial charge in [0, 0.05) is 5.56 Å². The topological polar surface area (TPSA) is 47.9 Å². The van der Waals surface area contributed by atoms with Gasteiger partial charge in [0.1, 0.15) is 17.0 Å². The molecule has 0 heterocycles. The highest BCUT2D eigenvalue weighted by Crippen LogP contribution is 2.47. The van der Waals surface area contributed by atoms with Crippen LogP contribution in [0.2, 0.25) is 0 Å². The Labute approximate surface area is 119 Å². The molecule has 0 spiro atoms. The third kappa shape index (κ3) is 2.56. The lowest BCUT2D eigenvalue weighted by molar-refractivity contribution is 0.331. The molecule has 1 aliphatic carbocycles. The zero-order chi connectivity index (χ0) is 14.6. The first-order valence-electron chi connectivity index (χ1n) is 7.08. The molecule has 0 N–H and O–H groups in total. The molecule has 108 valence electrons. The maximum Gasteiger partial charge on any atom is 0.235 e. The summed E-state index contributed by atoms with van der Waals surface area (Å²) in [6, 6.07) is 3.94. The van der Waals surface area contributed by atoms with Crippen molar-refractivity contribution in [1.82, 2.24) is 0 Å². The molecule has 1 saturated carbocycles. The highest BCUT2D eigenvalue weighted by Gasteiger charge is 2.38. The Kier molecular flexibility index (Phi) is 4.46. The predicted octanol–water partition coefficient (Wildman–Crippen LogP) is 3.51. The van der Waals surface area contributed by atoms with Crippen molar-refractivity contribution in [3.05, 3.63) is 23.3 Å². The molecule has 4 heteroatoms. The minimum atomic E-state index is -0.493. The van der Waals surface area contributed by atoms with Crippen LogP contribution in [0.5, 0.6) is 11.5 Å². The van der Waals surface area contributed by atoms with Gasteiger partial charge in [0.2, 0.25) is 6.08 Å². The smallest absolute Gasteiger partial charge is 0.235 e. The van der Waals surface area contributed by atoms with Crippen LogP contribution in [0, 0.1) is 6.92 Å². The van der Waals surface area contributed by atoms with Gasteiger partial charge in [0.05, 0.1) is 13.7 Å². The van der Waals surface area contributed by atoms with E-state index in [0.717, 1.165) is 48.3 Å². The van der Waals surface area contributed by atoms with Gasteiger partial charge < -0.3 is 9.47 Å². The summed E-state index contributed by atoms with van der Waals surface area (Å²) in [5.41, 5.74) is 1.47. The summed E-state index contributed by atoms with van der Waals surface area (Å²) < 4.78 is 11.2. The molecule has 20 heavy (non-hydrogen) atoms. The SMILES string of the molecule is CCOc1cc(C2(N=C=O)CCCC2)c(OC)cc1C. The van der Waals surface area contributed by atoms with Gasteiger partial charge in [0.15, 0.2) is 0 Å². The Morgan fingerprint density at radius 3 is 2.55 bits per heavy atom. The largest absolute Gasteiger partial charge is 0.496 e. The van der Waals surface area contributed by atoms with Crippen LogP contribution in [-0.2, 0) is 10.3 Å². The van der Waals surface area contributed by atoms with E-state index >= 15 is 0 Å². The number of nitrogens with zero attached hydrogens (tertiary/aromatic N) is 1. The number of methoxy groups -OCH3 is 1. The van der Waals surface area contributed by atoms with Crippen molar-refractivity contribution in [3.8, 4) is 11.5 Å². The summed E-state index contributed by atoms with van der Waals surface area (Å²) in [4.78, 5) is 15.0. The number of aliphatic imine (C=N–C) groups is 1. The number of ether oxygens (including phenoxy) is 2. The zero-order valence-corrected chi connectivity index (χ0v) is 12.4. The van der Waals surface area contributed by atoms with Crippen LogP contribution in [0.15, 0.2) is 17.1 Å². The number of benzene rings is 1. The van der Waals surface area contributed by atoms with E-state index in [1.54, 1.807) is 13.2 Å². The van der Waals surface area contributed by atoms with Gasteiger partial charge in [-0.15, -0.1) is 0 Å². The molecule has 1 aromatic carbocycles.